The minimum absolute atomic E-state index is 0.623. The summed E-state index contributed by atoms with van der Waals surface area (Å²) in [6.07, 6.45) is 0. The summed E-state index contributed by atoms with van der Waals surface area (Å²) < 4.78 is 5.03. The molecular formula is C15H25ClN2O. The van der Waals surface area contributed by atoms with Crippen LogP contribution in [0.4, 0.5) is 5.69 Å². The van der Waals surface area contributed by atoms with Gasteiger partial charge in [0.05, 0.1) is 6.61 Å². The average molecular weight is 285 g/mol. The number of hydrogen-bond donors (Lipinski definition) is 1. The number of rotatable bonds is 8. The number of halogens is 1. The highest BCUT2D eigenvalue weighted by Crippen LogP contribution is 2.27. The number of methoxy groups -OCH3 is 1. The zero-order valence-electron chi connectivity index (χ0n) is 12.4. The Balaban J connectivity index is 2.76. The molecule has 0 radical (unpaired) electrons. The molecule has 0 amide bonds. The molecule has 0 unspecified atom stereocenters. The molecule has 0 bridgehead atoms. The average Bonchev–Trinajstić information content (AvgIpc) is 2.35. The molecule has 108 valence electrons. The molecule has 0 fully saturated rings. The minimum Gasteiger partial charge on any atom is -0.383 e. The van der Waals surface area contributed by atoms with Gasteiger partial charge in [-0.1, -0.05) is 31.5 Å². The van der Waals surface area contributed by atoms with Gasteiger partial charge in [0.2, 0.25) is 0 Å². The first-order valence-electron chi connectivity index (χ1n) is 6.74. The zero-order valence-corrected chi connectivity index (χ0v) is 13.1. The van der Waals surface area contributed by atoms with Gasteiger partial charge < -0.3 is 15.0 Å². The summed E-state index contributed by atoms with van der Waals surface area (Å²) in [7, 11) is 3.82. The van der Waals surface area contributed by atoms with E-state index in [1.54, 1.807) is 7.11 Å². The molecule has 0 aliphatic carbocycles. The van der Waals surface area contributed by atoms with E-state index in [0.29, 0.717) is 12.5 Å². The van der Waals surface area contributed by atoms with Crippen LogP contribution >= 0.6 is 11.6 Å². The fourth-order valence-corrected chi connectivity index (χ4v) is 2.35. The number of nitrogens with zero attached hydrogens (tertiary/aromatic N) is 1. The van der Waals surface area contributed by atoms with Gasteiger partial charge in [-0.15, -0.1) is 0 Å². The van der Waals surface area contributed by atoms with Gasteiger partial charge in [0.25, 0.3) is 0 Å². The number of anilines is 1. The quantitative estimate of drug-likeness (QED) is 0.742. The Labute approximate surface area is 121 Å². The molecule has 4 heteroatoms. The summed E-state index contributed by atoms with van der Waals surface area (Å²) >= 11 is 6.32. The third-order valence-corrected chi connectivity index (χ3v) is 3.28. The molecular weight excluding hydrogens is 260 g/mol. The minimum atomic E-state index is 0.623. The molecule has 1 rings (SSSR count). The first-order chi connectivity index (χ1) is 9.06. The van der Waals surface area contributed by atoms with Crippen LogP contribution in [-0.4, -0.2) is 33.9 Å². The van der Waals surface area contributed by atoms with Crippen LogP contribution < -0.4 is 10.2 Å². The number of hydrogen-bond acceptors (Lipinski definition) is 3. The molecule has 1 aromatic rings. The first kappa shape index (κ1) is 16.3. The molecule has 1 aromatic carbocycles. The third kappa shape index (κ3) is 5.39. The molecule has 0 saturated heterocycles. The van der Waals surface area contributed by atoms with Crippen LogP contribution in [-0.2, 0) is 11.3 Å². The topological polar surface area (TPSA) is 24.5 Å². The Morgan fingerprint density at radius 1 is 1.37 bits per heavy atom. The van der Waals surface area contributed by atoms with E-state index in [1.807, 2.05) is 12.1 Å². The van der Waals surface area contributed by atoms with E-state index in [9.17, 15) is 0 Å². The predicted molar refractivity (Wildman–Crippen MR) is 83.1 cm³/mol. The van der Waals surface area contributed by atoms with Crippen LogP contribution in [0.25, 0.3) is 0 Å². The number of benzene rings is 1. The highest BCUT2D eigenvalue weighted by atomic mass is 35.5. The fraction of sp³-hybridized carbons (Fsp3) is 0.600. The lowest BCUT2D eigenvalue weighted by atomic mass is 10.1. The Bertz CT molecular complexity index is 382. The van der Waals surface area contributed by atoms with Gasteiger partial charge in [-0.3, -0.25) is 0 Å². The summed E-state index contributed by atoms with van der Waals surface area (Å²) in [4.78, 5) is 2.27. The second-order valence-corrected chi connectivity index (χ2v) is 5.59. The normalized spacial score (nSPS) is 11.1. The van der Waals surface area contributed by atoms with Crippen molar-refractivity contribution in [1.82, 2.24) is 5.32 Å². The van der Waals surface area contributed by atoms with Crippen LogP contribution in [0, 0.1) is 5.92 Å². The maximum absolute atomic E-state index is 6.32. The third-order valence-electron chi connectivity index (χ3n) is 2.93. The molecule has 0 heterocycles. The van der Waals surface area contributed by atoms with Crippen molar-refractivity contribution in [3.8, 4) is 0 Å². The standard InChI is InChI=1S/C15H25ClN2O/c1-12(2)11-18(3)15-7-5-6-14(16)13(15)10-17-8-9-19-4/h5-7,12,17H,8-11H2,1-4H3. The van der Waals surface area contributed by atoms with Crippen LogP contribution in [0.2, 0.25) is 5.02 Å². The smallest absolute Gasteiger partial charge is 0.0587 e. The lowest BCUT2D eigenvalue weighted by Crippen LogP contribution is -2.26. The van der Waals surface area contributed by atoms with Crippen molar-refractivity contribution in [1.29, 1.82) is 0 Å². The molecule has 1 N–H and O–H groups in total. The molecule has 3 nitrogen and oxygen atoms in total. The van der Waals surface area contributed by atoms with Crippen molar-refractivity contribution in [2.24, 2.45) is 5.92 Å². The summed E-state index contributed by atoms with van der Waals surface area (Å²) in [6.45, 7) is 7.76. The lowest BCUT2D eigenvalue weighted by molar-refractivity contribution is 0.199. The molecule has 0 aliphatic rings. The Kier molecular flexibility index (Phi) is 7.21. The van der Waals surface area contributed by atoms with Crippen LogP contribution in [0.15, 0.2) is 18.2 Å². The second kappa shape index (κ2) is 8.41. The van der Waals surface area contributed by atoms with Crippen molar-refractivity contribution < 1.29 is 4.74 Å². The predicted octanol–water partition coefficient (Wildman–Crippen LogP) is 3.17. The first-order valence-corrected chi connectivity index (χ1v) is 7.12. The van der Waals surface area contributed by atoms with Crippen LogP contribution in [0.1, 0.15) is 19.4 Å². The summed E-state index contributed by atoms with van der Waals surface area (Å²) in [6, 6.07) is 6.08. The largest absolute Gasteiger partial charge is 0.383 e. The highest BCUT2D eigenvalue weighted by molar-refractivity contribution is 6.31. The SMILES string of the molecule is COCCNCc1c(Cl)cccc1N(C)CC(C)C. The van der Waals surface area contributed by atoms with Gasteiger partial charge in [0, 0.05) is 50.1 Å². The lowest BCUT2D eigenvalue weighted by Gasteiger charge is -2.25. The molecule has 0 saturated carbocycles. The van der Waals surface area contributed by atoms with Gasteiger partial charge in [-0.05, 0) is 18.1 Å². The van der Waals surface area contributed by atoms with Crippen molar-refractivity contribution in [2.45, 2.75) is 20.4 Å². The van der Waals surface area contributed by atoms with Crippen LogP contribution in [0.5, 0.6) is 0 Å². The highest BCUT2D eigenvalue weighted by Gasteiger charge is 2.11. The molecule has 0 atom stereocenters. The van der Waals surface area contributed by atoms with Gasteiger partial charge in [0.15, 0.2) is 0 Å². The Hall–Kier alpha value is -0.770. The van der Waals surface area contributed by atoms with Crippen molar-refractivity contribution in [3.05, 3.63) is 28.8 Å². The summed E-state index contributed by atoms with van der Waals surface area (Å²) in [5.41, 5.74) is 2.36. The van der Waals surface area contributed by atoms with Crippen LogP contribution in [0.3, 0.4) is 0 Å². The maximum atomic E-state index is 6.32. The van der Waals surface area contributed by atoms with Crippen molar-refractivity contribution >= 4 is 17.3 Å². The van der Waals surface area contributed by atoms with Gasteiger partial charge in [-0.2, -0.15) is 0 Å². The molecule has 0 aromatic heterocycles. The van der Waals surface area contributed by atoms with Crippen molar-refractivity contribution in [3.63, 3.8) is 0 Å². The fourth-order valence-electron chi connectivity index (χ4n) is 2.11. The van der Waals surface area contributed by atoms with E-state index >= 15 is 0 Å². The van der Waals surface area contributed by atoms with Gasteiger partial charge in [0.1, 0.15) is 0 Å². The van der Waals surface area contributed by atoms with E-state index in [0.717, 1.165) is 30.2 Å². The van der Waals surface area contributed by atoms with E-state index < -0.39 is 0 Å². The van der Waals surface area contributed by atoms with Gasteiger partial charge in [-0.25, -0.2) is 0 Å². The van der Waals surface area contributed by atoms with E-state index in [2.05, 4.69) is 37.2 Å². The van der Waals surface area contributed by atoms with Crippen molar-refractivity contribution in [2.75, 3.05) is 38.8 Å². The summed E-state index contributed by atoms with van der Waals surface area (Å²) in [5, 5.41) is 4.17. The maximum Gasteiger partial charge on any atom is 0.0587 e. The Morgan fingerprint density at radius 3 is 2.74 bits per heavy atom. The molecule has 19 heavy (non-hydrogen) atoms. The zero-order chi connectivity index (χ0) is 14.3. The Morgan fingerprint density at radius 2 is 2.11 bits per heavy atom. The number of nitrogens with one attached hydrogen (secondary N) is 1. The molecule has 0 spiro atoms. The van der Waals surface area contributed by atoms with E-state index in [4.69, 9.17) is 16.3 Å². The van der Waals surface area contributed by atoms with E-state index in [-0.39, 0.29) is 0 Å². The van der Waals surface area contributed by atoms with Gasteiger partial charge >= 0.3 is 0 Å². The molecule has 0 aliphatic heterocycles. The monoisotopic (exact) mass is 284 g/mol. The number of ether oxygens (including phenoxy) is 1. The summed E-state index contributed by atoms with van der Waals surface area (Å²) in [5.74, 6) is 0.623. The van der Waals surface area contributed by atoms with E-state index in [1.165, 1.54) is 5.69 Å². The second-order valence-electron chi connectivity index (χ2n) is 5.18.